The first-order valence-corrected chi connectivity index (χ1v) is 12.0. The number of fused-ring (bicyclic) bond motifs is 2. The van der Waals surface area contributed by atoms with Crippen molar-refractivity contribution >= 4 is 33.6 Å². The summed E-state index contributed by atoms with van der Waals surface area (Å²) < 4.78 is 3.81. The summed E-state index contributed by atoms with van der Waals surface area (Å²) in [6.45, 7) is -0.137. The summed E-state index contributed by atoms with van der Waals surface area (Å²) in [7, 11) is 2.96. The molecule has 0 fully saturated rings. The van der Waals surface area contributed by atoms with Crippen LogP contribution in [0, 0.1) is 0 Å². The quantitative estimate of drug-likeness (QED) is 0.386. The zero-order valence-corrected chi connectivity index (χ0v) is 20.4. The molecule has 2 aromatic heterocycles. The Labute approximate surface area is 211 Å². The smallest absolute Gasteiger partial charge is 0.315 e. The molecule has 1 unspecified atom stereocenters. The van der Waals surface area contributed by atoms with Crippen LogP contribution in [0.3, 0.4) is 0 Å². The van der Waals surface area contributed by atoms with Gasteiger partial charge < -0.3 is 4.57 Å². The van der Waals surface area contributed by atoms with Crippen LogP contribution < -0.4 is 11.2 Å². The van der Waals surface area contributed by atoms with Crippen LogP contribution in [0.1, 0.15) is 23.6 Å². The van der Waals surface area contributed by atoms with Gasteiger partial charge in [-0.3, -0.25) is 18.7 Å². The van der Waals surface area contributed by atoms with E-state index in [9.17, 15) is 14.4 Å². The van der Waals surface area contributed by atoms with Crippen molar-refractivity contribution < 1.29 is 4.79 Å². The Morgan fingerprint density at radius 1 is 0.919 bits per heavy atom. The molecular formula is C28H24N6O3. The van der Waals surface area contributed by atoms with E-state index in [4.69, 9.17) is 5.10 Å². The number of imidazole rings is 1. The minimum Gasteiger partial charge on any atom is -0.315 e. The predicted molar refractivity (Wildman–Crippen MR) is 141 cm³/mol. The van der Waals surface area contributed by atoms with Crippen molar-refractivity contribution in [1.82, 2.24) is 23.7 Å². The number of hydrogen-bond acceptors (Lipinski definition) is 5. The summed E-state index contributed by atoms with van der Waals surface area (Å²) in [5, 5.41) is 8.54. The molecule has 6 rings (SSSR count). The minimum atomic E-state index is -0.496. The van der Waals surface area contributed by atoms with Gasteiger partial charge in [0.15, 0.2) is 11.2 Å². The van der Waals surface area contributed by atoms with Gasteiger partial charge >= 0.3 is 5.69 Å². The Bertz CT molecular complexity index is 1830. The normalized spacial score (nSPS) is 15.5. The third-order valence-corrected chi connectivity index (χ3v) is 6.96. The van der Waals surface area contributed by atoms with E-state index < -0.39 is 11.2 Å². The summed E-state index contributed by atoms with van der Waals surface area (Å²) in [5.74, 6) is -0.278. The molecule has 9 nitrogen and oxygen atoms in total. The Kier molecular flexibility index (Phi) is 5.33. The molecule has 0 spiro atoms. The Morgan fingerprint density at radius 3 is 2.43 bits per heavy atom. The second-order valence-electron chi connectivity index (χ2n) is 9.23. The molecule has 0 radical (unpaired) electrons. The second-order valence-corrected chi connectivity index (χ2v) is 9.23. The van der Waals surface area contributed by atoms with E-state index in [1.165, 1.54) is 27.5 Å². The van der Waals surface area contributed by atoms with Gasteiger partial charge in [-0.1, -0.05) is 66.7 Å². The Hall–Kier alpha value is -4.79. The van der Waals surface area contributed by atoms with Gasteiger partial charge in [-0.2, -0.15) is 5.10 Å². The van der Waals surface area contributed by atoms with Crippen molar-refractivity contribution in [1.29, 1.82) is 0 Å². The largest absolute Gasteiger partial charge is 0.332 e. The number of nitrogens with zero attached hydrogens (tertiary/aromatic N) is 6. The summed E-state index contributed by atoms with van der Waals surface area (Å²) in [4.78, 5) is 43.0. The van der Waals surface area contributed by atoms with Gasteiger partial charge in [0.05, 0.1) is 18.1 Å². The van der Waals surface area contributed by atoms with Crippen LogP contribution in [0.25, 0.3) is 21.9 Å². The standard InChI is InChI=1S/C28H24N6O3/c1-31-26-25(27(36)32(2)28(31)37)33(17-29-26)16-24(35)34-23(19-9-4-3-5-10-19)15-22(30-34)21-13-12-18-8-6-7-11-20(18)14-21/h3-14,17,23H,15-16H2,1-2H3. The highest BCUT2D eigenvalue weighted by atomic mass is 16.2. The molecule has 9 heteroatoms. The number of benzene rings is 3. The molecule has 5 aromatic rings. The maximum Gasteiger partial charge on any atom is 0.332 e. The lowest BCUT2D eigenvalue weighted by atomic mass is 9.97. The Balaban J connectivity index is 1.40. The number of carbonyl (C=O) groups is 1. The van der Waals surface area contributed by atoms with Crippen molar-refractivity contribution in [3.05, 3.63) is 111 Å². The highest BCUT2D eigenvalue weighted by Crippen LogP contribution is 2.33. The van der Waals surface area contributed by atoms with Crippen LogP contribution in [0.4, 0.5) is 0 Å². The van der Waals surface area contributed by atoms with Gasteiger partial charge in [0.1, 0.15) is 6.54 Å². The molecule has 0 saturated heterocycles. The molecule has 3 heterocycles. The number of hydrogen-bond donors (Lipinski definition) is 0. The number of hydrazone groups is 1. The van der Waals surface area contributed by atoms with E-state index in [2.05, 4.69) is 29.2 Å². The molecule has 0 aliphatic carbocycles. The molecule has 184 valence electrons. The van der Waals surface area contributed by atoms with Crippen LogP contribution >= 0.6 is 0 Å². The average molecular weight is 493 g/mol. The zero-order valence-electron chi connectivity index (χ0n) is 20.4. The molecule has 1 aliphatic rings. The maximum atomic E-state index is 13.7. The molecule has 0 bridgehead atoms. The average Bonchev–Trinajstić information content (AvgIpc) is 3.56. The summed E-state index contributed by atoms with van der Waals surface area (Å²) in [6, 6.07) is 23.8. The molecule has 0 saturated carbocycles. The van der Waals surface area contributed by atoms with Gasteiger partial charge in [-0.05, 0) is 28.0 Å². The first kappa shape index (κ1) is 22.7. The van der Waals surface area contributed by atoms with Crippen molar-refractivity contribution in [3.8, 4) is 0 Å². The fourth-order valence-electron chi connectivity index (χ4n) is 4.95. The van der Waals surface area contributed by atoms with Crippen molar-refractivity contribution in [2.75, 3.05) is 0 Å². The number of aromatic nitrogens is 4. The number of carbonyl (C=O) groups excluding carboxylic acids is 1. The zero-order chi connectivity index (χ0) is 25.7. The second kappa shape index (κ2) is 8.70. The van der Waals surface area contributed by atoms with E-state index in [1.54, 1.807) is 7.05 Å². The molecule has 3 aromatic carbocycles. The SMILES string of the molecule is Cn1c(=O)c2c(ncn2CC(=O)N2N=C(c3ccc4ccccc4c3)CC2c2ccccc2)n(C)c1=O. The number of amides is 1. The maximum absolute atomic E-state index is 13.7. The Morgan fingerprint density at radius 2 is 1.65 bits per heavy atom. The first-order chi connectivity index (χ1) is 17.9. The van der Waals surface area contributed by atoms with E-state index in [1.807, 2.05) is 48.5 Å². The molecule has 1 aliphatic heterocycles. The lowest BCUT2D eigenvalue weighted by molar-refractivity contribution is -0.133. The van der Waals surface area contributed by atoms with Crippen molar-refractivity contribution in [2.45, 2.75) is 19.0 Å². The van der Waals surface area contributed by atoms with E-state index >= 15 is 0 Å². The molecule has 1 amide bonds. The highest BCUT2D eigenvalue weighted by Gasteiger charge is 2.33. The lowest BCUT2D eigenvalue weighted by Crippen LogP contribution is -2.38. The minimum absolute atomic E-state index is 0.137. The van der Waals surface area contributed by atoms with Crippen LogP contribution in [-0.4, -0.2) is 35.3 Å². The summed E-state index contributed by atoms with van der Waals surface area (Å²) in [5.41, 5.74) is 2.24. The number of aryl methyl sites for hydroxylation is 1. The van der Waals surface area contributed by atoms with Gasteiger partial charge in [-0.25, -0.2) is 14.8 Å². The topological polar surface area (TPSA) is 94.5 Å². The van der Waals surface area contributed by atoms with Gasteiger partial charge in [-0.15, -0.1) is 0 Å². The van der Waals surface area contributed by atoms with E-state index in [0.717, 1.165) is 32.2 Å². The van der Waals surface area contributed by atoms with E-state index in [0.29, 0.717) is 6.42 Å². The monoisotopic (exact) mass is 492 g/mol. The van der Waals surface area contributed by atoms with Gasteiger partial charge in [0, 0.05) is 20.5 Å². The molecule has 37 heavy (non-hydrogen) atoms. The van der Waals surface area contributed by atoms with E-state index in [-0.39, 0.29) is 29.7 Å². The molecule has 0 N–H and O–H groups in total. The van der Waals surface area contributed by atoms with Gasteiger partial charge in [0.2, 0.25) is 0 Å². The lowest BCUT2D eigenvalue weighted by Gasteiger charge is -2.22. The van der Waals surface area contributed by atoms with Crippen molar-refractivity contribution in [3.63, 3.8) is 0 Å². The fraction of sp³-hybridized carbons (Fsp3) is 0.179. The third-order valence-electron chi connectivity index (χ3n) is 6.96. The first-order valence-electron chi connectivity index (χ1n) is 12.0. The predicted octanol–water partition coefficient (Wildman–Crippen LogP) is 2.96. The molecule has 1 atom stereocenters. The van der Waals surface area contributed by atoms with Crippen LogP contribution in [0.5, 0.6) is 0 Å². The van der Waals surface area contributed by atoms with Gasteiger partial charge in [0.25, 0.3) is 11.5 Å². The molecular weight excluding hydrogens is 468 g/mol. The van der Waals surface area contributed by atoms with Crippen LogP contribution in [0.15, 0.2) is 93.8 Å². The van der Waals surface area contributed by atoms with Crippen LogP contribution in [-0.2, 0) is 25.4 Å². The fourth-order valence-corrected chi connectivity index (χ4v) is 4.95. The number of rotatable bonds is 4. The van der Waals surface area contributed by atoms with Crippen molar-refractivity contribution in [2.24, 2.45) is 19.2 Å². The summed E-state index contributed by atoms with van der Waals surface area (Å²) in [6.07, 6.45) is 1.99. The summed E-state index contributed by atoms with van der Waals surface area (Å²) >= 11 is 0. The highest BCUT2D eigenvalue weighted by molar-refractivity contribution is 6.05. The van der Waals surface area contributed by atoms with Crippen LogP contribution in [0.2, 0.25) is 0 Å². The third kappa shape index (κ3) is 3.76.